The van der Waals surface area contributed by atoms with Gasteiger partial charge in [-0.25, -0.2) is 14.8 Å². The highest BCUT2D eigenvalue weighted by Crippen LogP contribution is 2.28. The SMILES string of the molecule is CCn1cc([C@H]2OCCC[C@@H]2NC(=O)Nc2cc(OC)ncn2)cn1. The first-order chi connectivity index (χ1) is 12.2. The zero-order chi connectivity index (χ0) is 17.6. The van der Waals surface area contributed by atoms with Gasteiger partial charge in [0.1, 0.15) is 18.2 Å². The van der Waals surface area contributed by atoms with Gasteiger partial charge in [-0.3, -0.25) is 10.00 Å². The summed E-state index contributed by atoms with van der Waals surface area (Å²) in [6.45, 7) is 3.49. The van der Waals surface area contributed by atoms with Gasteiger partial charge in [0, 0.05) is 31.0 Å². The van der Waals surface area contributed by atoms with Gasteiger partial charge >= 0.3 is 6.03 Å². The highest BCUT2D eigenvalue weighted by Gasteiger charge is 2.30. The molecule has 1 aliphatic heterocycles. The summed E-state index contributed by atoms with van der Waals surface area (Å²) in [5, 5.41) is 9.95. The van der Waals surface area contributed by atoms with Gasteiger partial charge in [0.05, 0.1) is 19.3 Å². The second kappa shape index (κ2) is 7.93. The summed E-state index contributed by atoms with van der Waals surface area (Å²) < 4.78 is 12.7. The maximum absolute atomic E-state index is 12.3. The van der Waals surface area contributed by atoms with Gasteiger partial charge in [0.2, 0.25) is 5.88 Å². The standard InChI is InChI=1S/C16H22N6O3/c1-3-22-9-11(8-19-22)15-12(5-4-6-25-15)20-16(23)21-13-7-14(24-2)18-10-17-13/h7-10,12,15H,3-6H2,1-2H3,(H2,17,18,20,21,23)/t12-,15+/m0/s1. The van der Waals surface area contributed by atoms with Crippen LogP contribution in [-0.4, -0.2) is 45.5 Å². The Kier molecular flexibility index (Phi) is 5.44. The summed E-state index contributed by atoms with van der Waals surface area (Å²) in [4.78, 5) is 20.2. The van der Waals surface area contributed by atoms with Crippen molar-refractivity contribution in [3.05, 3.63) is 30.4 Å². The minimum Gasteiger partial charge on any atom is -0.481 e. The molecule has 25 heavy (non-hydrogen) atoms. The number of hydrogen-bond donors (Lipinski definition) is 2. The number of carbonyl (C=O) groups is 1. The fourth-order valence-corrected chi connectivity index (χ4v) is 2.80. The van der Waals surface area contributed by atoms with Crippen LogP contribution >= 0.6 is 0 Å². The topological polar surface area (TPSA) is 103 Å². The number of aryl methyl sites for hydroxylation is 1. The molecule has 0 aromatic carbocycles. The maximum atomic E-state index is 12.3. The van der Waals surface area contributed by atoms with E-state index in [1.807, 2.05) is 17.8 Å². The van der Waals surface area contributed by atoms with Crippen molar-refractivity contribution in [1.82, 2.24) is 25.1 Å². The molecule has 9 nitrogen and oxygen atoms in total. The fraction of sp³-hybridized carbons (Fsp3) is 0.500. The Morgan fingerprint density at radius 3 is 3.12 bits per heavy atom. The molecule has 1 saturated heterocycles. The van der Waals surface area contributed by atoms with E-state index in [1.165, 1.54) is 13.4 Å². The molecule has 2 aromatic rings. The van der Waals surface area contributed by atoms with E-state index in [1.54, 1.807) is 12.3 Å². The molecule has 3 heterocycles. The lowest BCUT2D eigenvalue weighted by Gasteiger charge is -2.31. The van der Waals surface area contributed by atoms with Gasteiger partial charge < -0.3 is 14.8 Å². The Hall–Kier alpha value is -2.68. The molecule has 134 valence electrons. The number of hydrogen-bond acceptors (Lipinski definition) is 6. The number of aromatic nitrogens is 4. The average molecular weight is 346 g/mol. The predicted molar refractivity (Wildman–Crippen MR) is 90.4 cm³/mol. The van der Waals surface area contributed by atoms with E-state index in [4.69, 9.17) is 9.47 Å². The van der Waals surface area contributed by atoms with Gasteiger partial charge in [0.15, 0.2) is 0 Å². The Balaban J connectivity index is 1.65. The zero-order valence-corrected chi connectivity index (χ0v) is 14.3. The third-order valence-electron chi connectivity index (χ3n) is 4.04. The van der Waals surface area contributed by atoms with Gasteiger partial charge in [-0.1, -0.05) is 0 Å². The number of anilines is 1. The normalized spacial score (nSPS) is 20.1. The lowest BCUT2D eigenvalue weighted by atomic mass is 9.98. The first-order valence-electron chi connectivity index (χ1n) is 8.27. The quantitative estimate of drug-likeness (QED) is 0.855. The molecule has 2 atom stereocenters. The van der Waals surface area contributed by atoms with E-state index in [-0.39, 0.29) is 18.2 Å². The van der Waals surface area contributed by atoms with Crippen LogP contribution in [0.1, 0.15) is 31.4 Å². The van der Waals surface area contributed by atoms with Crippen LogP contribution in [0.15, 0.2) is 24.8 Å². The van der Waals surface area contributed by atoms with Crippen LogP contribution in [0.25, 0.3) is 0 Å². The highest BCUT2D eigenvalue weighted by molar-refractivity contribution is 5.88. The minimum atomic E-state index is -0.343. The van der Waals surface area contributed by atoms with Gasteiger partial charge in [0.25, 0.3) is 0 Å². The summed E-state index contributed by atoms with van der Waals surface area (Å²) in [6.07, 6.45) is 6.60. The first kappa shape index (κ1) is 17.2. The average Bonchev–Trinajstić information content (AvgIpc) is 3.11. The van der Waals surface area contributed by atoms with Crippen LogP contribution in [0.4, 0.5) is 10.6 Å². The molecule has 2 N–H and O–H groups in total. The molecule has 1 fully saturated rings. The Morgan fingerprint density at radius 1 is 1.48 bits per heavy atom. The number of amides is 2. The molecule has 0 unspecified atom stereocenters. The first-order valence-corrected chi connectivity index (χ1v) is 8.27. The second-order valence-corrected chi connectivity index (χ2v) is 5.71. The molecular weight excluding hydrogens is 324 g/mol. The van der Waals surface area contributed by atoms with Gasteiger partial charge in [-0.05, 0) is 19.8 Å². The summed E-state index contributed by atoms with van der Waals surface area (Å²) in [5.74, 6) is 0.757. The van der Waals surface area contributed by atoms with Crippen molar-refractivity contribution in [3.63, 3.8) is 0 Å². The van der Waals surface area contributed by atoms with Crippen molar-refractivity contribution in [2.24, 2.45) is 0 Å². The Morgan fingerprint density at radius 2 is 2.36 bits per heavy atom. The second-order valence-electron chi connectivity index (χ2n) is 5.71. The summed E-state index contributed by atoms with van der Waals surface area (Å²) in [5.41, 5.74) is 0.968. The van der Waals surface area contributed by atoms with Crippen LogP contribution in [0.2, 0.25) is 0 Å². The number of ether oxygens (including phenoxy) is 2. The number of carbonyl (C=O) groups excluding carboxylic acids is 1. The van der Waals surface area contributed by atoms with Crippen molar-refractivity contribution in [2.45, 2.75) is 38.5 Å². The molecule has 2 amide bonds. The van der Waals surface area contributed by atoms with Crippen LogP contribution in [0.3, 0.4) is 0 Å². The molecule has 2 aromatic heterocycles. The number of urea groups is 1. The number of methoxy groups -OCH3 is 1. The molecule has 9 heteroatoms. The van der Waals surface area contributed by atoms with E-state index >= 15 is 0 Å². The molecule has 1 aliphatic rings. The van der Waals surface area contributed by atoms with Crippen LogP contribution in [0, 0.1) is 0 Å². The third kappa shape index (κ3) is 4.24. The van der Waals surface area contributed by atoms with Crippen molar-refractivity contribution in [1.29, 1.82) is 0 Å². The van der Waals surface area contributed by atoms with Crippen LogP contribution in [-0.2, 0) is 11.3 Å². The van der Waals surface area contributed by atoms with Gasteiger partial charge in [-0.15, -0.1) is 0 Å². The molecular formula is C16H22N6O3. The minimum absolute atomic E-state index is 0.132. The van der Waals surface area contributed by atoms with Crippen molar-refractivity contribution < 1.29 is 14.3 Å². The molecule has 0 aliphatic carbocycles. The van der Waals surface area contributed by atoms with Crippen molar-refractivity contribution in [3.8, 4) is 5.88 Å². The third-order valence-corrected chi connectivity index (χ3v) is 4.04. The van der Waals surface area contributed by atoms with E-state index in [2.05, 4.69) is 25.7 Å². The highest BCUT2D eigenvalue weighted by atomic mass is 16.5. The summed E-state index contributed by atoms with van der Waals surface area (Å²) in [7, 11) is 1.51. The lowest BCUT2D eigenvalue weighted by molar-refractivity contribution is -0.00701. The van der Waals surface area contributed by atoms with E-state index in [9.17, 15) is 4.79 Å². The largest absolute Gasteiger partial charge is 0.481 e. The van der Waals surface area contributed by atoms with Crippen LogP contribution < -0.4 is 15.4 Å². The van der Waals surface area contributed by atoms with E-state index < -0.39 is 0 Å². The summed E-state index contributed by atoms with van der Waals surface area (Å²) in [6, 6.07) is 1.08. The zero-order valence-electron chi connectivity index (χ0n) is 14.3. The van der Waals surface area contributed by atoms with E-state index in [0.29, 0.717) is 18.3 Å². The number of nitrogens with one attached hydrogen (secondary N) is 2. The molecule has 0 bridgehead atoms. The molecule has 0 saturated carbocycles. The maximum Gasteiger partial charge on any atom is 0.320 e. The number of rotatable bonds is 5. The van der Waals surface area contributed by atoms with Crippen molar-refractivity contribution in [2.75, 3.05) is 19.0 Å². The molecule has 0 radical (unpaired) electrons. The lowest BCUT2D eigenvalue weighted by Crippen LogP contribution is -2.44. The van der Waals surface area contributed by atoms with E-state index in [0.717, 1.165) is 24.9 Å². The Labute approximate surface area is 145 Å². The fourth-order valence-electron chi connectivity index (χ4n) is 2.80. The molecule has 3 rings (SSSR count). The smallest absolute Gasteiger partial charge is 0.320 e. The van der Waals surface area contributed by atoms with Gasteiger partial charge in [-0.2, -0.15) is 5.10 Å². The molecule has 0 spiro atoms. The van der Waals surface area contributed by atoms with Crippen molar-refractivity contribution >= 4 is 11.8 Å². The predicted octanol–water partition coefficient (Wildman–Crippen LogP) is 1.74. The summed E-state index contributed by atoms with van der Waals surface area (Å²) >= 11 is 0. The monoisotopic (exact) mass is 346 g/mol. The Bertz CT molecular complexity index is 719. The van der Waals surface area contributed by atoms with Crippen LogP contribution in [0.5, 0.6) is 5.88 Å². The number of nitrogens with zero attached hydrogens (tertiary/aromatic N) is 4.